The van der Waals surface area contributed by atoms with Crippen molar-refractivity contribution >= 4 is 23.4 Å². The van der Waals surface area contributed by atoms with Gasteiger partial charge in [0.2, 0.25) is 0 Å². The van der Waals surface area contributed by atoms with Gasteiger partial charge in [0, 0.05) is 21.9 Å². The topological polar surface area (TPSA) is 29.5 Å². The number of halogens is 2. The molecule has 1 unspecified atom stereocenters. The molecule has 0 saturated heterocycles. The molecule has 5 heteroatoms. The van der Waals surface area contributed by atoms with E-state index >= 15 is 0 Å². The summed E-state index contributed by atoms with van der Waals surface area (Å²) >= 11 is 7.67. The summed E-state index contributed by atoms with van der Waals surface area (Å²) in [6.07, 6.45) is -0.279. The summed E-state index contributed by atoms with van der Waals surface area (Å²) in [4.78, 5) is 0.740. The predicted octanol–water partition coefficient (Wildman–Crippen LogP) is 3.99. The van der Waals surface area contributed by atoms with E-state index in [2.05, 4.69) is 0 Å². The lowest BCUT2D eigenvalue weighted by Gasteiger charge is -2.26. The third kappa shape index (κ3) is 2.51. The van der Waals surface area contributed by atoms with Gasteiger partial charge in [0.15, 0.2) is 0 Å². The van der Waals surface area contributed by atoms with E-state index in [1.54, 1.807) is 6.07 Å². The van der Waals surface area contributed by atoms with Crippen LogP contribution in [0.5, 0.6) is 5.75 Å². The highest BCUT2D eigenvalue weighted by atomic mass is 35.5. The second kappa shape index (κ2) is 5.64. The van der Waals surface area contributed by atoms with Crippen LogP contribution in [0.2, 0.25) is 5.02 Å². The first kappa shape index (κ1) is 13.7. The van der Waals surface area contributed by atoms with Gasteiger partial charge in [0.05, 0.1) is 11.5 Å². The molecule has 1 heterocycles. The Labute approximate surface area is 125 Å². The van der Waals surface area contributed by atoms with Crippen molar-refractivity contribution in [1.29, 1.82) is 0 Å². The van der Waals surface area contributed by atoms with Gasteiger partial charge >= 0.3 is 0 Å². The maximum absolute atomic E-state index is 13.8. The number of aliphatic hydroxyl groups is 1. The SMILES string of the molecule is OCC1CSc2cc(F)cc(-c3ccccc3Cl)c2O1. The average Bonchev–Trinajstić information content (AvgIpc) is 2.46. The van der Waals surface area contributed by atoms with Crippen molar-refractivity contribution in [3.8, 4) is 16.9 Å². The Morgan fingerprint density at radius 3 is 2.85 bits per heavy atom. The van der Waals surface area contributed by atoms with Crippen LogP contribution in [-0.2, 0) is 0 Å². The van der Waals surface area contributed by atoms with Crippen LogP contribution in [-0.4, -0.2) is 23.6 Å². The highest BCUT2D eigenvalue weighted by molar-refractivity contribution is 7.99. The van der Waals surface area contributed by atoms with Gasteiger partial charge in [-0.2, -0.15) is 0 Å². The highest BCUT2D eigenvalue weighted by Crippen LogP contribution is 2.44. The molecule has 2 aromatic rings. The smallest absolute Gasteiger partial charge is 0.141 e. The van der Waals surface area contributed by atoms with E-state index in [4.69, 9.17) is 16.3 Å². The van der Waals surface area contributed by atoms with E-state index in [9.17, 15) is 9.50 Å². The molecule has 0 amide bonds. The molecule has 0 saturated carbocycles. The Kier molecular flexibility index (Phi) is 3.87. The van der Waals surface area contributed by atoms with Gasteiger partial charge in [0.25, 0.3) is 0 Å². The number of ether oxygens (including phenoxy) is 1. The number of hydrogen-bond acceptors (Lipinski definition) is 3. The van der Waals surface area contributed by atoms with Crippen LogP contribution in [0.15, 0.2) is 41.3 Å². The van der Waals surface area contributed by atoms with Crippen LogP contribution in [0.4, 0.5) is 4.39 Å². The minimum Gasteiger partial charge on any atom is -0.485 e. The van der Waals surface area contributed by atoms with Crippen LogP contribution < -0.4 is 4.74 Å². The van der Waals surface area contributed by atoms with Gasteiger partial charge in [-0.15, -0.1) is 11.8 Å². The molecule has 0 aliphatic carbocycles. The van der Waals surface area contributed by atoms with Gasteiger partial charge in [-0.05, 0) is 18.2 Å². The van der Waals surface area contributed by atoms with Crippen molar-refractivity contribution in [2.75, 3.05) is 12.4 Å². The molecule has 0 bridgehead atoms. The van der Waals surface area contributed by atoms with E-state index < -0.39 is 0 Å². The van der Waals surface area contributed by atoms with E-state index in [0.717, 1.165) is 10.5 Å². The zero-order valence-corrected chi connectivity index (χ0v) is 12.0. The van der Waals surface area contributed by atoms with Gasteiger partial charge in [-0.25, -0.2) is 4.39 Å². The van der Waals surface area contributed by atoms with E-state index in [0.29, 0.717) is 22.1 Å². The highest BCUT2D eigenvalue weighted by Gasteiger charge is 2.24. The molecular formula is C15H12ClFO2S. The summed E-state index contributed by atoms with van der Waals surface area (Å²) in [6, 6.07) is 10.1. The Balaban J connectivity index is 2.16. The molecular weight excluding hydrogens is 299 g/mol. The third-order valence-corrected chi connectivity index (χ3v) is 4.58. The van der Waals surface area contributed by atoms with Crippen LogP contribution in [0, 0.1) is 5.82 Å². The van der Waals surface area contributed by atoms with Crippen LogP contribution >= 0.6 is 23.4 Å². The lowest BCUT2D eigenvalue weighted by atomic mass is 10.0. The quantitative estimate of drug-likeness (QED) is 0.909. The first-order valence-electron chi connectivity index (χ1n) is 6.18. The van der Waals surface area contributed by atoms with Crippen molar-refractivity contribution in [2.45, 2.75) is 11.0 Å². The Bertz CT molecular complexity index is 648. The van der Waals surface area contributed by atoms with E-state index in [1.165, 1.54) is 23.9 Å². The van der Waals surface area contributed by atoms with Crippen molar-refractivity contribution in [3.63, 3.8) is 0 Å². The number of rotatable bonds is 2. The van der Waals surface area contributed by atoms with Gasteiger partial charge in [-0.1, -0.05) is 29.8 Å². The number of aliphatic hydroxyl groups excluding tert-OH is 1. The third-order valence-electron chi connectivity index (χ3n) is 3.10. The summed E-state index contributed by atoms with van der Waals surface area (Å²) < 4.78 is 19.6. The fourth-order valence-corrected chi connectivity index (χ4v) is 3.41. The zero-order valence-electron chi connectivity index (χ0n) is 10.5. The molecule has 2 aromatic carbocycles. The second-order valence-corrected chi connectivity index (χ2v) is 5.96. The van der Waals surface area contributed by atoms with Crippen LogP contribution in [0.3, 0.4) is 0 Å². The number of thioether (sulfide) groups is 1. The van der Waals surface area contributed by atoms with Gasteiger partial charge < -0.3 is 9.84 Å². The molecule has 0 aromatic heterocycles. The zero-order chi connectivity index (χ0) is 14.1. The minimum absolute atomic E-state index is 0.0637. The summed E-state index contributed by atoms with van der Waals surface area (Å²) in [5.74, 6) is 0.876. The molecule has 1 N–H and O–H groups in total. The molecule has 0 fully saturated rings. The maximum atomic E-state index is 13.8. The van der Waals surface area contributed by atoms with Crippen LogP contribution in [0.1, 0.15) is 0 Å². The molecule has 104 valence electrons. The maximum Gasteiger partial charge on any atom is 0.141 e. The molecule has 20 heavy (non-hydrogen) atoms. The summed E-state index contributed by atoms with van der Waals surface area (Å²) in [5.41, 5.74) is 1.35. The Morgan fingerprint density at radius 1 is 1.30 bits per heavy atom. The predicted molar refractivity (Wildman–Crippen MR) is 79.1 cm³/mol. The molecule has 1 aliphatic rings. The number of fused-ring (bicyclic) bond motifs is 1. The summed E-state index contributed by atoms with van der Waals surface area (Å²) in [6.45, 7) is -0.0637. The van der Waals surface area contributed by atoms with Crippen molar-refractivity contribution in [1.82, 2.24) is 0 Å². The van der Waals surface area contributed by atoms with E-state index in [1.807, 2.05) is 18.2 Å². The second-order valence-electron chi connectivity index (χ2n) is 4.49. The lowest BCUT2D eigenvalue weighted by Crippen LogP contribution is -2.27. The van der Waals surface area contributed by atoms with Gasteiger partial charge in [-0.3, -0.25) is 0 Å². The molecule has 0 radical (unpaired) electrons. The largest absolute Gasteiger partial charge is 0.485 e. The standard InChI is InChI=1S/C15H12ClFO2S/c16-13-4-2-1-3-11(13)12-5-9(17)6-14-15(12)19-10(7-18)8-20-14/h1-6,10,18H,7-8H2. The molecule has 0 spiro atoms. The molecule has 1 aliphatic heterocycles. The fourth-order valence-electron chi connectivity index (χ4n) is 2.15. The monoisotopic (exact) mass is 310 g/mol. The first-order chi connectivity index (χ1) is 9.69. The number of hydrogen-bond donors (Lipinski definition) is 1. The molecule has 2 nitrogen and oxygen atoms in total. The van der Waals surface area contributed by atoms with Gasteiger partial charge in [0.1, 0.15) is 17.7 Å². The fraction of sp³-hybridized carbons (Fsp3) is 0.200. The van der Waals surface area contributed by atoms with Crippen LogP contribution in [0.25, 0.3) is 11.1 Å². The molecule has 3 rings (SSSR count). The summed E-state index contributed by atoms with van der Waals surface area (Å²) in [5, 5.41) is 9.79. The Hall–Kier alpha value is -1.23. The molecule has 1 atom stereocenters. The minimum atomic E-state index is -0.322. The van der Waals surface area contributed by atoms with Crippen molar-refractivity contribution in [3.05, 3.63) is 47.2 Å². The normalized spacial score (nSPS) is 17.4. The first-order valence-corrected chi connectivity index (χ1v) is 7.54. The number of benzene rings is 2. The Morgan fingerprint density at radius 2 is 2.10 bits per heavy atom. The average molecular weight is 311 g/mol. The van der Waals surface area contributed by atoms with Crippen molar-refractivity contribution in [2.24, 2.45) is 0 Å². The van der Waals surface area contributed by atoms with Crippen molar-refractivity contribution < 1.29 is 14.2 Å². The van der Waals surface area contributed by atoms with E-state index in [-0.39, 0.29) is 18.5 Å². The summed E-state index contributed by atoms with van der Waals surface area (Å²) in [7, 11) is 0. The lowest BCUT2D eigenvalue weighted by molar-refractivity contribution is 0.127.